The summed E-state index contributed by atoms with van der Waals surface area (Å²) >= 11 is 4.84. The first kappa shape index (κ1) is 22.3. The number of alkyl halides is 2. The van der Waals surface area contributed by atoms with Crippen LogP contribution in [0.5, 0.6) is 0 Å². The molecule has 2 heterocycles. The third-order valence-electron chi connectivity index (χ3n) is 5.53. The molecule has 0 aromatic heterocycles. The number of nitrogens with one attached hydrogen (secondary N) is 1. The molecule has 2 atom stereocenters. The number of anilines is 2. The number of nitrogens with zero attached hydrogens (tertiary/aromatic N) is 3. The van der Waals surface area contributed by atoms with E-state index in [1.165, 1.54) is 9.96 Å². The Balaban J connectivity index is 1.48. The lowest BCUT2D eigenvalue weighted by Gasteiger charge is -2.24. The van der Waals surface area contributed by atoms with Crippen molar-refractivity contribution in [3.05, 3.63) is 23.8 Å². The van der Waals surface area contributed by atoms with Crippen LogP contribution in [0.2, 0.25) is 0 Å². The van der Waals surface area contributed by atoms with Crippen molar-refractivity contribution in [2.45, 2.75) is 24.5 Å². The van der Waals surface area contributed by atoms with E-state index in [0.29, 0.717) is 0 Å². The highest BCUT2D eigenvalue weighted by atomic mass is 32.1. The first-order chi connectivity index (χ1) is 15.1. The Labute approximate surface area is 184 Å². The quantitative estimate of drug-likeness (QED) is 0.492. The highest BCUT2D eigenvalue weighted by Gasteiger charge is 2.64. The molecule has 3 aliphatic rings. The summed E-state index contributed by atoms with van der Waals surface area (Å²) in [6.45, 7) is 0.517. The highest BCUT2D eigenvalue weighted by Crippen LogP contribution is 2.46. The largest absolute Gasteiger partial charge is 0.438 e. The first-order valence-corrected chi connectivity index (χ1v) is 10.0. The molecule has 4 rings (SSSR count). The van der Waals surface area contributed by atoms with Crippen molar-refractivity contribution in [2.75, 3.05) is 42.6 Å². The second-order valence-corrected chi connectivity index (χ2v) is 8.02. The summed E-state index contributed by atoms with van der Waals surface area (Å²) in [4.78, 5) is 31.2. The van der Waals surface area contributed by atoms with Gasteiger partial charge in [0, 0.05) is 31.6 Å². The lowest BCUT2D eigenvalue weighted by molar-refractivity contribution is -0.132. The van der Waals surface area contributed by atoms with Gasteiger partial charge in [0.2, 0.25) is 0 Å². The van der Waals surface area contributed by atoms with Crippen LogP contribution in [0.15, 0.2) is 12.1 Å². The van der Waals surface area contributed by atoms with Crippen LogP contribution in [0.3, 0.4) is 0 Å². The Bertz CT molecular complexity index is 946. The maximum absolute atomic E-state index is 14.9. The predicted octanol–water partition coefficient (Wildman–Crippen LogP) is 1.11. The predicted molar refractivity (Wildman–Crippen MR) is 107 cm³/mol. The normalized spacial score (nSPS) is 25.2. The number of amides is 2. The fraction of sp³-hybridized carbons (Fsp3) is 0.500. The molecule has 32 heavy (non-hydrogen) atoms. The fourth-order valence-corrected chi connectivity index (χ4v) is 3.98. The average Bonchev–Trinajstić information content (AvgIpc) is 3.33. The molecule has 1 saturated carbocycles. The number of thiocarbonyl (C=S) groups is 1. The Morgan fingerprint density at radius 3 is 2.56 bits per heavy atom. The molecule has 0 bridgehead atoms. The Morgan fingerprint density at radius 1 is 1.25 bits per heavy atom. The molecule has 2 saturated heterocycles. The number of hydroxylamine groups is 2. The molecule has 1 spiro atoms. The van der Waals surface area contributed by atoms with Gasteiger partial charge in [-0.2, -0.15) is 8.78 Å². The van der Waals surface area contributed by atoms with E-state index in [1.54, 1.807) is 0 Å². The van der Waals surface area contributed by atoms with Crippen LogP contribution >= 0.6 is 12.2 Å². The average molecular weight is 477 g/mol. The number of halogens is 4. The zero-order chi connectivity index (χ0) is 23.2. The summed E-state index contributed by atoms with van der Waals surface area (Å²) in [5.41, 5.74) is 3.94. The van der Waals surface area contributed by atoms with E-state index in [4.69, 9.17) is 27.5 Å². The maximum Gasteiger partial charge on any atom is 0.415 e. The minimum Gasteiger partial charge on any atom is -0.438 e. The van der Waals surface area contributed by atoms with E-state index in [9.17, 15) is 27.2 Å². The third-order valence-corrected chi connectivity index (χ3v) is 5.74. The van der Waals surface area contributed by atoms with Crippen LogP contribution in [0, 0.1) is 11.6 Å². The van der Waals surface area contributed by atoms with Gasteiger partial charge in [-0.15, -0.1) is 0 Å². The summed E-state index contributed by atoms with van der Waals surface area (Å²) in [5, 5.41) is 3.36. The molecule has 2 unspecified atom stereocenters. The van der Waals surface area contributed by atoms with E-state index in [-0.39, 0.29) is 55.7 Å². The first-order valence-electron chi connectivity index (χ1n) is 9.64. The molecule has 1 aromatic carbocycles. The maximum atomic E-state index is 14.9. The molecular formula is C18H19F4N5O4S. The van der Waals surface area contributed by atoms with E-state index >= 15 is 0 Å². The zero-order valence-corrected chi connectivity index (χ0v) is 17.3. The van der Waals surface area contributed by atoms with Gasteiger partial charge in [-0.25, -0.2) is 18.6 Å². The van der Waals surface area contributed by atoms with Gasteiger partial charge < -0.3 is 20.7 Å². The van der Waals surface area contributed by atoms with Gasteiger partial charge in [-0.1, -0.05) is 0 Å². The van der Waals surface area contributed by atoms with Gasteiger partial charge >= 0.3 is 12.5 Å². The lowest BCUT2D eigenvalue weighted by Crippen LogP contribution is -2.38. The van der Waals surface area contributed by atoms with Crippen molar-refractivity contribution >= 4 is 40.7 Å². The molecule has 2 amide bonds. The van der Waals surface area contributed by atoms with Crippen molar-refractivity contribution in [1.82, 2.24) is 10.4 Å². The van der Waals surface area contributed by atoms with E-state index in [0.717, 1.165) is 17.0 Å². The van der Waals surface area contributed by atoms with Gasteiger partial charge in [0.1, 0.15) is 5.69 Å². The summed E-state index contributed by atoms with van der Waals surface area (Å²) in [6, 6.07) is 1.19. The van der Waals surface area contributed by atoms with Gasteiger partial charge in [0.15, 0.2) is 22.3 Å². The van der Waals surface area contributed by atoms with Crippen molar-refractivity contribution in [3.8, 4) is 0 Å². The molecule has 9 nitrogen and oxygen atoms in total. The number of benzene rings is 1. The molecule has 0 radical (unpaired) electrons. The van der Waals surface area contributed by atoms with Crippen molar-refractivity contribution in [2.24, 2.45) is 5.73 Å². The molecule has 3 N–H and O–H groups in total. The van der Waals surface area contributed by atoms with Gasteiger partial charge in [0.05, 0.1) is 31.4 Å². The molecule has 174 valence electrons. The van der Waals surface area contributed by atoms with Crippen LogP contribution in [0.4, 0.5) is 33.7 Å². The van der Waals surface area contributed by atoms with Crippen molar-refractivity contribution in [1.29, 1.82) is 0 Å². The summed E-state index contributed by atoms with van der Waals surface area (Å²) in [6.07, 6.45) is -3.96. The lowest BCUT2D eigenvalue weighted by atomic mass is 10.2. The molecule has 3 fully saturated rings. The van der Waals surface area contributed by atoms with E-state index in [1.807, 2.05) is 0 Å². The highest BCUT2D eigenvalue weighted by molar-refractivity contribution is 7.80. The Hall–Kier alpha value is -2.87. The smallest absolute Gasteiger partial charge is 0.415 e. The SMILES string of the molecule is NC(=S)N1CCN(c2c(F)cc(N3CC4(CC4NC(=O)C(F)F)OC3=O)cc2F)CCO1. The summed E-state index contributed by atoms with van der Waals surface area (Å²) < 4.78 is 59.9. The van der Waals surface area contributed by atoms with Crippen LogP contribution in [0.25, 0.3) is 0 Å². The Kier molecular flexibility index (Phi) is 5.75. The zero-order valence-electron chi connectivity index (χ0n) is 16.5. The van der Waals surface area contributed by atoms with Gasteiger partial charge in [0.25, 0.3) is 5.91 Å². The molecule has 1 aromatic rings. The van der Waals surface area contributed by atoms with Crippen LogP contribution in [-0.2, 0) is 14.4 Å². The number of rotatable bonds is 4. The van der Waals surface area contributed by atoms with Crippen molar-refractivity contribution in [3.63, 3.8) is 0 Å². The molecule has 2 aliphatic heterocycles. The Morgan fingerprint density at radius 2 is 1.94 bits per heavy atom. The molecular weight excluding hydrogens is 458 g/mol. The summed E-state index contributed by atoms with van der Waals surface area (Å²) in [7, 11) is 0. The molecule has 14 heteroatoms. The third kappa shape index (κ3) is 4.11. The topological polar surface area (TPSA) is 100 Å². The van der Waals surface area contributed by atoms with Crippen LogP contribution < -0.4 is 20.9 Å². The minimum atomic E-state index is -3.20. The van der Waals surface area contributed by atoms with Gasteiger partial charge in [-0.05, 0) is 12.2 Å². The standard InChI is InChI=1S/C18H19F4N5O4S/c19-10-5-9(6-11(20)13(10)25-1-2-27(16(23)32)30-4-3-25)26-8-18(31-17(26)29)7-12(18)24-15(28)14(21)22/h5-6,12,14H,1-4,7-8H2,(H2,23,32)(H,24,28). The van der Waals surface area contributed by atoms with Crippen molar-refractivity contribution < 1.29 is 36.7 Å². The number of nitrogens with two attached hydrogens (primary N) is 1. The minimum absolute atomic E-state index is 0.00716. The van der Waals surface area contributed by atoms with Crippen LogP contribution in [-0.4, -0.2) is 73.0 Å². The number of carbonyl (C=O) groups is 2. The van der Waals surface area contributed by atoms with E-state index < -0.39 is 41.7 Å². The fourth-order valence-electron chi connectivity index (χ4n) is 3.84. The second-order valence-electron chi connectivity index (χ2n) is 7.60. The van der Waals surface area contributed by atoms with Gasteiger partial charge in [-0.3, -0.25) is 14.5 Å². The number of carbonyl (C=O) groups excluding carboxylic acids is 2. The summed E-state index contributed by atoms with van der Waals surface area (Å²) in [5.74, 6) is -3.29. The number of hydrogen-bond donors (Lipinski definition) is 2. The number of hydrogen-bond acceptors (Lipinski definition) is 6. The van der Waals surface area contributed by atoms with Crippen LogP contribution in [0.1, 0.15) is 6.42 Å². The second kappa shape index (κ2) is 8.24. The monoisotopic (exact) mass is 477 g/mol. The molecule has 1 aliphatic carbocycles. The van der Waals surface area contributed by atoms with E-state index in [2.05, 4.69) is 5.32 Å². The number of ether oxygens (including phenoxy) is 1.